The molecule has 1 unspecified atom stereocenters. The minimum Gasteiger partial charge on any atom is -0.461 e. The molecule has 1 aliphatic rings. The Morgan fingerprint density at radius 2 is 2.37 bits per heavy atom. The summed E-state index contributed by atoms with van der Waals surface area (Å²) in [5.74, 6) is 1.42. The van der Waals surface area contributed by atoms with Gasteiger partial charge in [-0.2, -0.15) is 0 Å². The Morgan fingerprint density at radius 1 is 1.47 bits per heavy atom. The van der Waals surface area contributed by atoms with Crippen LogP contribution in [0.25, 0.3) is 11.5 Å². The Labute approximate surface area is 118 Å². The molecule has 1 N–H and O–H groups in total. The maximum atomic E-state index is 5.29. The first kappa shape index (κ1) is 14.1. The molecule has 104 valence electrons. The highest BCUT2D eigenvalue weighted by Gasteiger charge is 2.22. The van der Waals surface area contributed by atoms with Crippen molar-refractivity contribution in [2.75, 3.05) is 20.1 Å². The molecule has 1 saturated heterocycles. The molecular formula is C13H18ClN3O2. The van der Waals surface area contributed by atoms with E-state index in [2.05, 4.69) is 15.4 Å². The van der Waals surface area contributed by atoms with E-state index < -0.39 is 0 Å². The van der Waals surface area contributed by atoms with E-state index in [0.717, 1.165) is 31.1 Å². The highest BCUT2D eigenvalue weighted by molar-refractivity contribution is 5.85. The average Bonchev–Trinajstić information content (AvgIpc) is 3.10. The van der Waals surface area contributed by atoms with Gasteiger partial charge < -0.3 is 14.3 Å². The minimum atomic E-state index is 0. The van der Waals surface area contributed by atoms with Gasteiger partial charge in [-0.05, 0) is 25.6 Å². The first-order chi connectivity index (χ1) is 8.85. The van der Waals surface area contributed by atoms with Gasteiger partial charge in [0.15, 0.2) is 5.76 Å². The third-order valence-electron chi connectivity index (χ3n) is 3.39. The number of hydrogen-bond acceptors (Lipinski definition) is 5. The van der Waals surface area contributed by atoms with Gasteiger partial charge >= 0.3 is 0 Å². The molecule has 2 aromatic heterocycles. The predicted molar refractivity (Wildman–Crippen MR) is 74.2 cm³/mol. The van der Waals surface area contributed by atoms with Crippen molar-refractivity contribution >= 4 is 12.4 Å². The van der Waals surface area contributed by atoms with Crippen molar-refractivity contribution in [1.82, 2.24) is 15.4 Å². The van der Waals surface area contributed by atoms with Crippen molar-refractivity contribution in [3.63, 3.8) is 0 Å². The van der Waals surface area contributed by atoms with E-state index in [-0.39, 0.29) is 12.4 Å². The van der Waals surface area contributed by atoms with Crippen LogP contribution in [-0.2, 0) is 6.54 Å². The summed E-state index contributed by atoms with van der Waals surface area (Å²) in [6.45, 7) is 3.01. The minimum absolute atomic E-state index is 0. The predicted octanol–water partition coefficient (Wildman–Crippen LogP) is 2.15. The van der Waals surface area contributed by atoms with Gasteiger partial charge in [0.05, 0.1) is 12.0 Å². The molecule has 0 saturated carbocycles. The summed E-state index contributed by atoms with van der Waals surface area (Å²) in [6.07, 6.45) is 2.83. The number of aromatic nitrogens is 1. The molecule has 1 atom stereocenters. The summed E-state index contributed by atoms with van der Waals surface area (Å²) < 4.78 is 10.6. The number of hydrogen-bond donors (Lipinski definition) is 1. The van der Waals surface area contributed by atoms with Crippen LogP contribution < -0.4 is 5.32 Å². The van der Waals surface area contributed by atoms with Crippen molar-refractivity contribution in [2.45, 2.75) is 19.0 Å². The topological polar surface area (TPSA) is 54.4 Å². The van der Waals surface area contributed by atoms with Crippen LogP contribution >= 0.6 is 12.4 Å². The second-order valence-corrected chi connectivity index (χ2v) is 4.67. The first-order valence-corrected chi connectivity index (χ1v) is 6.24. The van der Waals surface area contributed by atoms with Crippen LogP contribution in [0.1, 0.15) is 12.1 Å². The summed E-state index contributed by atoms with van der Waals surface area (Å²) in [6, 6.07) is 6.26. The molecular weight excluding hydrogens is 266 g/mol. The van der Waals surface area contributed by atoms with Crippen molar-refractivity contribution < 1.29 is 8.94 Å². The third kappa shape index (κ3) is 3.18. The van der Waals surface area contributed by atoms with E-state index in [9.17, 15) is 0 Å². The van der Waals surface area contributed by atoms with Gasteiger partial charge in [0.1, 0.15) is 0 Å². The van der Waals surface area contributed by atoms with Crippen molar-refractivity contribution in [2.24, 2.45) is 0 Å². The van der Waals surface area contributed by atoms with Crippen LogP contribution in [0.2, 0.25) is 0 Å². The average molecular weight is 284 g/mol. The summed E-state index contributed by atoms with van der Waals surface area (Å²) in [5, 5.41) is 7.40. The number of likely N-dealkylation sites (tertiary alicyclic amines) is 1. The second kappa shape index (κ2) is 6.23. The van der Waals surface area contributed by atoms with Crippen LogP contribution in [0.15, 0.2) is 33.4 Å². The summed E-state index contributed by atoms with van der Waals surface area (Å²) >= 11 is 0. The lowest BCUT2D eigenvalue weighted by molar-refractivity contribution is 0.307. The molecule has 2 aromatic rings. The quantitative estimate of drug-likeness (QED) is 0.932. The third-order valence-corrected chi connectivity index (χ3v) is 3.39. The molecule has 1 aliphatic heterocycles. The van der Waals surface area contributed by atoms with E-state index in [0.29, 0.717) is 11.8 Å². The zero-order valence-electron chi connectivity index (χ0n) is 10.8. The Balaban J connectivity index is 0.00000133. The van der Waals surface area contributed by atoms with E-state index in [1.165, 1.54) is 6.42 Å². The molecule has 1 fully saturated rings. The highest BCUT2D eigenvalue weighted by Crippen LogP contribution is 2.22. The zero-order chi connectivity index (χ0) is 12.4. The normalized spacial score (nSPS) is 19.5. The number of rotatable bonds is 4. The lowest BCUT2D eigenvalue weighted by Gasteiger charge is -2.13. The van der Waals surface area contributed by atoms with Gasteiger partial charge in [0.2, 0.25) is 5.76 Å². The number of furan rings is 1. The lowest BCUT2D eigenvalue weighted by atomic mass is 10.3. The Morgan fingerprint density at radius 3 is 3.05 bits per heavy atom. The molecule has 6 heteroatoms. The first-order valence-electron chi connectivity index (χ1n) is 6.24. The molecule has 0 amide bonds. The molecule has 3 rings (SSSR count). The van der Waals surface area contributed by atoms with E-state index in [1.54, 1.807) is 6.26 Å². The van der Waals surface area contributed by atoms with E-state index in [1.807, 2.05) is 25.2 Å². The molecule has 0 bridgehead atoms. The molecule has 0 aromatic carbocycles. The van der Waals surface area contributed by atoms with Gasteiger partial charge in [-0.25, -0.2) is 0 Å². The molecule has 19 heavy (non-hydrogen) atoms. The SMILES string of the molecule is CNC1CCN(Cc2cc(-c3ccco3)on2)C1.Cl. The Hall–Kier alpha value is -1.30. The van der Waals surface area contributed by atoms with Gasteiger partial charge in [-0.3, -0.25) is 4.90 Å². The van der Waals surface area contributed by atoms with Gasteiger partial charge in [0, 0.05) is 31.7 Å². The summed E-state index contributed by atoms with van der Waals surface area (Å²) in [4.78, 5) is 2.38. The second-order valence-electron chi connectivity index (χ2n) is 4.67. The van der Waals surface area contributed by atoms with Crippen LogP contribution in [0, 0.1) is 0 Å². The van der Waals surface area contributed by atoms with Gasteiger partial charge in [0.25, 0.3) is 0 Å². The van der Waals surface area contributed by atoms with Gasteiger partial charge in [-0.15, -0.1) is 12.4 Å². The van der Waals surface area contributed by atoms with Crippen LogP contribution in [0.5, 0.6) is 0 Å². The standard InChI is InChI=1S/C13H17N3O2.ClH/c1-14-10-4-5-16(8-10)9-11-7-13(18-15-11)12-3-2-6-17-12;/h2-3,6-7,10,14H,4-5,8-9H2,1H3;1H. The highest BCUT2D eigenvalue weighted by atomic mass is 35.5. The molecule has 0 radical (unpaired) electrons. The fraction of sp³-hybridized carbons (Fsp3) is 0.462. The molecule has 3 heterocycles. The maximum absolute atomic E-state index is 5.29. The van der Waals surface area contributed by atoms with Crippen molar-refractivity contribution in [3.05, 3.63) is 30.2 Å². The van der Waals surface area contributed by atoms with Crippen molar-refractivity contribution in [3.8, 4) is 11.5 Å². The van der Waals surface area contributed by atoms with Crippen LogP contribution in [-0.4, -0.2) is 36.2 Å². The fourth-order valence-corrected chi connectivity index (χ4v) is 2.36. The van der Waals surface area contributed by atoms with Crippen LogP contribution in [0.4, 0.5) is 0 Å². The Kier molecular flexibility index (Phi) is 4.63. The lowest BCUT2D eigenvalue weighted by Crippen LogP contribution is -2.29. The molecule has 0 aliphatic carbocycles. The summed E-state index contributed by atoms with van der Waals surface area (Å²) in [5.41, 5.74) is 0.957. The Bertz CT molecular complexity index is 498. The molecule has 0 spiro atoms. The van der Waals surface area contributed by atoms with E-state index in [4.69, 9.17) is 8.94 Å². The zero-order valence-corrected chi connectivity index (χ0v) is 11.7. The fourth-order valence-electron chi connectivity index (χ4n) is 2.36. The number of nitrogens with zero attached hydrogens (tertiary/aromatic N) is 2. The monoisotopic (exact) mass is 283 g/mol. The van der Waals surface area contributed by atoms with Crippen LogP contribution in [0.3, 0.4) is 0 Å². The number of halogens is 1. The van der Waals surface area contributed by atoms with Gasteiger partial charge in [-0.1, -0.05) is 5.16 Å². The number of likely N-dealkylation sites (N-methyl/N-ethyl adjacent to an activating group) is 1. The largest absolute Gasteiger partial charge is 0.461 e. The van der Waals surface area contributed by atoms with E-state index >= 15 is 0 Å². The smallest absolute Gasteiger partial charge is 0.202 e. The molecule has 5 nitrogen and oxygen atoms in total. The van der Waals surface area contributed by atoms with Crippen molar-refractivity contribution in [1.29, 1.82) is 0 Å². The summed E-state index contributed by atoms with van der Waals surface area (Å²) in [7, 11) is 2.01. The maximum Gasteiger partial charge on any atom is 0.202 e. The number of nitrogens with one attached hydrogen (secondary N) is 1.